The number of piperidine rings is 1. The van der Waals surface area contributed by atoms with Crippen molar-refractivity contribution in [2.24, 2.45) is 4.99 Å². The first-order valence-electron chi connectivity index (χ1n) is 9.82. The van der Waals surface area contributed by atoms with E-state index in [2.05, 4.69) is 20.6 Å². The number of benzene rings is 1. The van der Waals surface area contributed by atoms with Gasteiger partial charge in [0.1, 0.15) is 0 Å². The minimum Gasteiger partial charge on any atom is -0.352 e. The van der Waals surface area contributed by atoms with E-state index < -0.39 is 0 Å². The van der Waals surface area contributed by atoms with Gasteiger partial charge in [0.15, 0.2) is 5.96 Å². The van der Waals surface area contributed by atoms with E-state index in [0.717, 1.165) is 53.7 Å². The summed E-state index contributed by atoms with van der Waals surface area (Å²) in [4.78, 5) is 24.5. The summed E-state index contributed by atoms with van der Waals surface area (Å²) in [5, 5.41) is 7.73. The summed E-state index contributed by atoms with van der Waals surface area (Å²) >= 11 is 1.70. The van der Waals surface area contributed by atoms with Crippen molar-refractivity contribution >= 4 is 47.2 Å². The number of nitrogens with zero attached hydrogens (tertiary/aromatic N) is 3. The molecule has 0 atom stereocenters. The topological polar surface area (TPSA) is 69.6 Å². The number of hydrogen-bond donors (Lipinski definition) is 2. The number of amides is 1. The van der Waals surface area contributed by atoms with Gasteiger partial charge in [0, 0.05) is 37.1 Å². The highest BCUT2D eigenvalue weighted by Crippen LogP contribution is 2.16. The van der Waals surface area contributed by atoms with Crippen LogP contribution in [0.15, 0.2) is 29.3 Å². The van der Waals surface area contributed by atoms with Gasteiger partial charge in [-0.25, -0.2) is 4.98 Å². The molecule has 1 aliphatic rings. The minimum atomic E-state index is 0. The number of likely N-dealkylation sites (tertiary alicyclic amines) is 1. The molecule has 2 heterocycles. The van der Waals surface area contributed by atoms with Crippen LogP contribution in [0.2, 0.25) is 0 Å². The average molecular weight is 527 g/mol. The van der Waals surface area contributed by atoms with Gasteiger partial charge in [-0.3, -0.25) is 9.79 Å². The van der Waals surface area contributed by atoms with E-state index in [-0.39, 0.29) is 29.9 Å². The Bertz CT molecular complexity index is 828. The molecule has 3 rings (SSSR count). The van der Waals surface area contributed by atoms with Crippen molar-refractivity contribution in [2.75, 3.05) is 20.1 Å². The molecule has 0 unspecified atom stereocenters. The molecular weight excluding hydrogens is 497 g/mol. The Kier molecular flexibility index (Phi) is 9.35. The second-order valence-electron chi connectivity index (χ2n) is 7.07. The highest BCUT2D eigenvalue weighted by molar-refractivity contribution is 14.0. The van der Waals surface area contributed by atoms with Crippen molar-refractivity contribution in [3.05, 3.63) is 51.0 Å². The zero-order valence-corrected chi connectivity index (χ0v) is 20.5. The number of aryl methyl sites for hydroxylation is 2. The van der Waals surface area contributed by atoms with Crippen molar-refractivity contribution in [2.45, 2.75) is 46.2 Å². The maximum atomic E-state index is 12.5. The van der Waals surface area contributed by atoms with Gasteiger partial charge in [-0.1, -0.05) is 12.1 Å². The van der Waals surface area contributed by atoms with E-state index in [1.807, 2.05) is 43.0 Å². The molecule has 2 N–H and O–H groups in total. The summed E-state index contributed by atoms with van der Waals surface area (Å²) in [6.07, 6.45) is 3.45. The highest BCUT2D eigenvalue weighted by Gasteiger charge is 2.17. The van der Waals surface area contributed by atoms with E-state index in [0.29, 0.717) is 13.1 Å². The van der Waals surface area contributed by atoms with Crippen molar-refractivity contribution in [3.8, 4) is 0 Å². The Hall–Kier alpha value is -1.68. The van der Waals surface area contributed by atoms with Crippen LogP contribution in [0, 0.1) is 13.8 Å². The monoisotopic (exact) mass is 527 g/mol. The van der Waals surface area contributed by atoms with Gasteiger partial charge in [0.25, 0.3) is 5.91 Å². The fraction of sp³-hybridized carbons (Fsp3) is 0.476. The standard InChI is InChI=1S/C21H29N5OS.HI/c1-15-19(28-16(2)25-15)14-24-21(22-3)23-13-17-7-9-18(10-8-17)20(27)26-11-5-4-6-12-26;/h7-10H,4-6,11-14H2,1-3H3,(H2,22,23,24);1H. The first-order valence-corrected chi connectivity index (χ1v) is 10.6. The van der Waals surface area contributed by atoms with Gasteiger partial charge in [0.2, 0.25) is 0 Å². The number of hydrogen-bond acceptors (Lipinski definition) is 4. The molecular formula is C21H30IN5OS. The maximum Gasteiger partial charge on any atom is 0.253 e. The number of thiazole rings is 1. The third kappa shape index (κ3) is 6.67. The number of nitrogens with one attached hydrogen (secondary N) is 2. The quantitative estimate of drug-likeness (QED) is 0.352. The molecule has 6 nitrogen and oxygen atoms in total. The number of carbonyl (C=O) groups is 1. The molecule has 0 radical (unpaired) electrons. The van der Waals surface area contributed by atoms with E-state index in [1.165, 1.54) is 11.3 Å². The number of guanidine groups is 1. The molecule has 1 fully saturated rings. The van der Waals surface area contributed by atoms with Crippen LogP contribution in [0.4, 0.5) is 0 Å². The Morgan fingerprint density at radius 1 is 1.10 bits per heavy atom. The van der Waals surface area contributed by atoms with Crippen LogP contribution in [-0.4, -0.2) is 41.9 Å². The Morgan fingerprint density at radius 3 is 2.34 bits per heavy atom. The van der Waals surface area contributed by atoms with Crippen LogP contribution in [0.25, 0.3) is 0 Å². The Balaban J connectivity index is 0.00000300. The average Bonchev–Trinajstić information content (AvgIpc) is 3.05. The first-order chi connectivity index (χ1) is 13.6. The van der Waals surface area contributed by atoms with E-state index >= 15 is 0 Å². The van der Waals surface area contributed by atoms with Crippen LogP contribution in [0.1, 0.15) is 50.8 Å². The molecule has 0 saturated carbocycles. The first kappa shape index (κ1) is 23.6. The second-order valence-corrected chi connectivity index (χ2v) is 8.36. The Morgan fingerprint density at radius 2 is 1.76 bits per heavy atom. The lowest BCUT2D eigenvalue weighted by molar-refractivity contribution is 0.0724. The molecule has 158 valence electrons. The second kappa shape index (κ2) is 11.5. The zero-order chi connectivity index (χ0) is 19.9. The van der Waals surface area contributed by atoms with Gasteiger partial charge in [0.05, 0.1) is 17.2 Å². The van der Waals surface area contributed by atoms with E-state index in [4.69, 9.17) is 0 Å². The lowest BCUT2D eigenvalue weighted by Gasteiger charge is -2.26. The number of carbonyl (C=O) groups excluding carboxylic acids is 1. The zero-order valence-electron chi connectivity index (χ0n) is 17.3. The van der Waals surface area contributed by atoms with Gasteiger partial charge >= 0.3 is 0 Å². The molecule has 1 aromatic carbocycles. The van der Waals surface area contributed by atoms with Crippen LogP contribution < -0.4 is 10.6 Å². The molecule has 1 aromatic heterocycles. The van der Waals surface area contributed by atoms with Crippen molar-refractivity contribution in [3.63, 3.8) is 0 Å². The molecule has 0 bridgehead atoms. The lowest BCUT2D eigenvalue weighted by atomic mass is 10.1. The molecule has 2 aromatic rings. The van der Waals surface area contributed by atoms with Crippen molar-refractivity contribution in [1.82, 2.24) is 20.5 Å². The lowest BCUT2D eigenvalue weighted by Crippen LogP contribution is -2.36. The van der Waals surface area contributed by atoms with Gasteiger partial charge < -0.3 is 15.5 Å². The normalized spacial score (nSPS) is 14.3. The molecule has 0 aliphatic carbocycles. The van der Waals surface area contributed by atoms with Crippen molar-refractivity contribution < 1.29 is 4.79 Å². The summed E-state index contributed by atoms with van der Waals surface area (Å²) < 4.78 is 0. The predicted molar refractivity (Wildman–Crippen MR) is 130 cm³/mol. The largest absolute Gasteiger partial charge is 0.352 e. The summed E-state index contributed by atoms with van der Waals surface area (Å²) in [5.74, 6) is 0.894. The van der Waals surface area contributed by atoms with Gasteiger partial charge in [-0.05, 0) is 50.8 Å². The third-order valence-corrected chi connectivity index (χ3v) is 6.02. The van der Waals surface area contributed by atoms with Crippen LogP contribution >= 0.6 is 35.3 Å². The summed E-state index contributed by atoms with van der Waals surface area (Å²) in [7, 11) is 1.76. The molecule has 29 heavy (non-hydrogen) atoms. The number of aliphatic imine (C=N–C) groups is 1. The van der Waals surface area contributed by atoms with Gasteiger partial charge in [-0.2, -0.15) is 0 Å². The molecule has 0 spiro atoms. The SMILES string of the molecule is CN=C(NCc1ccc(C(=O)N2CCCCC2)cc1)NCc1sc(C)nc1C.I. The van der Waals surface area contributed by atoms with Crippen molar-refractivity contribution in [1.29, 1.82) is 0 Å². The molecule has 1 saturated heterocycles. The number of aromatic nitrogens is 1. The fourth-order valence-electron chi connectivity index (χ4n) is 3.35. The number of halogens is 1. The van der Waals surface area contributed by atoms with Crippen LogP contribution in [-0.2, 0) is 13.1 Å². The Labute approximate surface area is 194 Å². The van der Waals surface area contributed by atoms with Gasteiger partial charge in [-0.15, -0.1) is 35.3 Å². The van der Waals surface area contributed by atoms with Crippen LogP contribution in [0.3, 0.4) is 0 Å². The van der Waals surface area contributed by atoms with E-state index in [1.54, 1.807) is 18.4 Å². The smallest absolute Gasteiger partial charge is 0.253 e. The minimum absolute atomic E-state index is 0. The van der Waals surface area contributed by atoms with E-state index in [9.17, 15) is 4.79 Å². The third-order valence-electron chi connectivity index (χ3n) is 4.94. The summed E-state index contributed by atoms with van der Waals surface area (Å²) in [6.45, 7) is 7.17. The molecule has 8 heteroatoms. The van der Waals surface area contributed by atoms with Crippen LogP contribution in [0.5, 0.6) is 0 Å². The molecule has 1 aliphatic heterocycles. The number of rotatable bonds is 5. The predicted octanol–water partition coefficient (Wildman–Crippen LogP) is 3.87. The highest BCUT2D eigenvalue weighted by atomic mass is 127. The maximum absolute atomic E-state index is 12.5. The fourth-order valence-corrected chi connectivity index (χ4v) is 4.23. The molecule has 1 amide bonds. The summed E-state index contributed by atoms with van der Waals surface area (Å²) in [6, 6.07) is 7.86. The summed E-state index contributed by atoms with van der Waals surface area (Å²) in [5.41, 5.74) is 2.95.